The van der Waals surface area contributed by atoms with Gasteiger partial charge in [0.05, 0.1) is 17.9 Å². The number of nitrogens with one attached hydrogen (secondary N) is 1. The second kappa shape index (κ2) is 5.44. The van der Waals surface area contributed by atoms with E-state index in [4.69, 9.17) is 11.6 Å². The quantitative estimate of drug-likeness (QED) is 0.890. The maximum atomic E-state index is 12.3. The monoisotopic (exact) mass is 308 g/mol. The molecule has 2 heterocycles. The van der Waals surface area contributed by atoms with Crippen LogP contribution in [0.4, 0.5) is 16.2 Å². The molecule has 3 rings (SSSR count). The lowest BCUT2D eigenvalue weighted by Crippen LogP contribution is -2.46. The minimum atomic E-state index is -0.301. The van der Waals surface area contributed by atoms with E-state index in [0.717, 1.165) is 24.5 Å². The van der Waals surface area contributed by atoms with Crippen LogP contribution in [0.5, 0.6) is 0 Å². The number of hydrogen-bond donors (Lipinski definition) is 1. The van der Waals surface area contributed by atoms with Gasteiger partial charge in [-0.15, -0.1) is 0 Å². The van der Waals surface area contributed by atoms with Crippen LogP contribution in [-0.2, 0) is 4.79 Å². The van der Waals surface area contributed by atoms with E-state index >= 15 is 0 Å². The van der Waals surface area contributed by atoms with Crippen molar-refractivity contribution in [1.82, 2.24) is 10.2 Å². The average Bonchev–Trinajstić information content (AvgIpc) is 2.88. The van der Waals surface area contributed by atoms with Crippen LogP contribution in [0.25, 0.3) is 0 Å². The van der Waals surface area contributed by atoms with Crippen molar-refractivity contribution in [2.24, 2.45) is 0 Å². The Hall–Kier alpha value is -1.95. The summed E-state index contributed by atoms with van der Waals surface area (Å²) in [6.07, 6.45) is 0. The molecule has 1 N–H and O–H groups in total. The van der Waals surface area contributed by atoms with E-state index in [9.17, 15) is 9.59 Å². The molecule has 0 aromatic heterocycles. The number of anilines is 2. The summed E-state index contributed by atoms with van der Waals surface area (Å²) in [4.78, 5) is 29.2. The lowest BCUT2D eigenvalue weighted by atomic mass is 10.1. The lowest BCUT2D eigenvalue weighted by molar-refractivity contribution is -0.126. The summed E-state index contributed by atoms with van der Waals surface area (Å²) in [6.45, 7) is 2.73. The first-order valence-electron chi connectivity index (χ1n) is 6.90. The van der Waals surface area contributed by atoms with Crippen molar-refractivity contribution < 1.29 is 9.59 Å². The lowest BCUT2D eigenvalue weighted by Gasteiger charge is -2.37. The first-order valence-corrected chi connectivity index (χ1v) is 7.28. The van der Waals surface area contributed by atoms with E-state index in [1.807, 2.05) is 30.1 Å². The Morgan fingerprint density at radius 2 is 2.10 bits per heavy atom. The second-order valence-electron chi connectivity index (χ2n) is 5.25. The minimum absolute atomic E-state index is 0.171. The highest BCUT2D eigenvalue weighted by Crippen LogP contribution is 2.34. The summed E-state index contributed by atoms with van der Waals surface area (Å²) in [5.74, 6) is -0.171. The van der Waals surface area contributed by atoms with Crippen LogP contribution in [0.15, 0.2) is 18.2 Å². The van der Waals surface area contributed by atoms with Gasteiger partial charge in [-0.3, -0.25) is 9.69 Å². The van der Waals surface area contributed by atoms with Crippen LogP contribution in [-0.4, -0.2) is 56.6 Å². The molecule has 6 nitrogen and oxygen atoms in total. The highest BCUT2D eigenvalue weighted by atomic mass is 35.5. The second-order valence-corrected chi connectivity index (χ2v) is 5.69. The summed E-state index contributed by atoms with van der Waals surface area (Å²) in [5.41, 5.74) is 1.98. The van der Waals surface area contributed by atoms with Gasteiger partial charge >= 0.3 is 6.03 Å². The Balaban J connectivity index is 1.80. The molecule has 0 bridgehead atoms. The Morgan fingerprint density at radius 1 is 1.29 bits per heavy atom. The van der Waals surface area contributed by atoms with Gasteiger partial charge in [0.2, 0.25) is 5.91 Å². The van der Waals surface area contributed by atoms with Gasteiger partial charge in [0.1, 0.15) is 0 Å². The number of benzene rings is 1. The number of likely N-dealkylation sites (N-methyl/N-ethyl adjacent to an activating group) is 1. The van der Waals surface area contributed by atoms with E-state index in [0.29, 0.717) is 18.1 Å². The van der Waals surface area contributed by atoms with E-state index in [2.05, 4.69) is 10.2 Å². The Kier molecular flexibility index (Phi) is 3.63. The third-order valence-corrected chi connectivity index (χ3v) is 4.11. The van der Waals surface area contributed by atoms with Gasteiger partial charge in [0.25, 0.3) is 0 Å². The van der Waals surface area contributed by atoms with Crippen molar-refractivity contribution in [2.45, 2.75) is 0 Å². The highest BCUT2D eigenvalue weighted by molar-refractivity contribution is 6.31. The maximum absolute atomic E-state index is 12.3. The van der Waals surface area contributed by atoms with Gasteiger partial charge in [0.15, 0.2) is 0 Å². The van der Waals surface area contributed by atoms with Crippen molar-refractivity contribution in [3.63, 3.8) is 0 Å². The van der Waals surface area contributed by atoms with Gasteiger partial charge in [-0.1, -0.05) is 11.6 Å². The molecule has 112 valence electrons. The minimum Gasteiger partial charge on any atom is -0.371 e. The summed E-state index contributed by atoms with van der Waals surface area (Å²) in [7, 11) is 2.00. The summed E-state index contributed by atoms with van der Waals surface area (Å²) in [6, 6.07) is 5.34. The Bertz CT molecular complexity index is 592. The van der Waals surface area contributed by atoms with Crippen molar-refractivity contribution in [3.05, 3.63) is 23.2 Å². The number of amides is 3. The Morgan fingerprint density at radius 3 is 2.81 bits per heavy atom. The molecule has 0 aliphatic carbocycles. The largest absolute Gasteiger partial charge is 0.371 e. The topological polar surface area (TPSA) is 55.9 Å². The maximum Gasteiger partial charge on any atom is 0.324 e. The third kappa shape index (κ3) is 2.63. The molecule has 2 aliphatic heterocycles. The molecule has 21 heavy (non-hydrogen) atoms. The number of fused-ring (bicyclic) bond motifs is 1. The number of carbonyl (C=O) groups is 2. The molecule has 0 unspecified atom stereocenters. The van der Waals surface area contributed by atoms with Crippen molar-refractivity contribution in [2.75, 3.05) is 49.6 Å². The van der Waals surface area contributed by atoms with Crippen LogP contribution in [0, 0.1) is 0 Å². The van der Waals surface area contributed by atoms with E-state index in [1.165, 1.54) is 4.90 Å². The van der Waals surface area contributed by atoms with Crippen LogP contribution < -0.4 is 15.1 Å². The van der Waals surface area contributed by atoms with E-state index < -0.39 is 0 Å². The fraction of sp³-hybridized carbons (Fsp3) is 0.429. The number of halogens is 1. The van der Waals surface area contributed by atoms with Gasteiger partial charge in [-0.05, 0) is 18.2 Å². The van der Waals surface area contributed by atoms with Crippen LogP contribution in [0.2, 0.25) is 5.02 Å². The first-order chi connectivity index (χ1) is 10.1. The van der Waals surface area contributed by atoms with Crippen LogP contribution in [0.1, 0.15) is 0 Å². The predicted molar refractivity (Wildman–Crippen MR) is 82.0 cm³/mol. The van der Waals surface area contributed by atoms with Gasteiger partial charge in [0, 0.05) is 38.2 Å². The number of rotatable bonds is 2. The standard InChI is InChI=1S/C14H17ClN4O2/c1-17-6-7-18(11-3-2-10(15)8-12(11)17)9-13(20)19-5-4-16-14(19)21/h2-3,8H,4-7,9H2,1H3,(H,16,21). The molecule has 3 amide bonds. The molecule has 1 fully saturated rings. The SMILES string of the molecule is CN1CCN(CC(=O)N2CCNC2=O)c2ccc(Cl)cc21. The molecule has 1 aromatic carbocycles. The number of hydrogen-bond acceptors (Lipinski definition) is 4. The predicted octanol–water partition coefficient (Wildman–Crippen LogP) is 1.15. The molecule has 2 aliphatic rings. The molecule has 0 spiro atoms. The molecular weight excluding hydrogens is 292 g/mol. The average molecular weight is 309 g/mol. The molecule has 1 saturated heterocycles. The molecule has 0 radical (unpaired) electrons. The zero-order chi connectivity index (χ0) is 15.0. The number of urea groups is 1. The van der Waals surface area contributed by atoms with Gasteiger partial charge < -0.3 is 15.1 Å². The zero-order valence-electron chi connectivity index (χ0n) is 11.8. The van der Waals surface area contributed by atoms with Crippen molar-refractivity contribution >= 4 is 34.9 Å². The number of imide groups is 1. The molecule has 0 atom stereocenters. The fourth-order valence-electron chi connectivity index (χ4n) is 2.70. The van der Waals surface area contributed by atoms with Crippen LogP contribution in [0.3, 0.4) is 0 Å². The highest BCUT2D eigenvalue weighted by Gasteiger charge is 2.29. The molecule has 1 aromatic rings. The van der Waals surface area contributed by atoms with Crippen LogP contribution >= 0.6 is 11.6 Å². The third-order valence-electron chi connectivity index (χ3n) is 3.88. The number of nitrogens with zero attached hydrogens (tertiary/aromatic N) is 3. The summed E-state index contributed by atoms with van der Waals surface area (Å²) in [5, 5.41) is 3.32. The summed E-state index contributed by atoms with van der Waals surface area (Å²) >= 11 is 6.04. The van der Waals surface area contributed by atoms with E-state index in [1.54, 1.807) is 0 Å². The summed E-state index contributed by atoms with van der Waals surface area (Å²) < 4.78 is 0. The van der Waals surface area contributed by atoms with E-state index in [-0.39, 0.29) is 18.5 Å². The van der Waals surface area contributed by atoms with Crippen molar-refractivity contribution in [3.8, 4) is 0 Å². The smallest absolute Gasteiger partial charge is 0.324 e. The fourth-order valence-corrected chi connectivity index (χ4v) is 2.87. The molecule has 7 heteroatoms. The molecule has 0 saturated carbocycles. The van der Waals surface area contributed by atoms with Crippen molar-refractivity contribution in [1.29, 1.82) is 0 Å². The molecular formula is C14H17ClN4O2. The number of carbonyl (C=O) groups excluding carboxylic acids is 2. The van der Waals surface area contributed by atoms with Gasteiger partial charge in [-0.2, -0.15) is 0 Å². The Labute approximate surface area is 128 Å². The normalized spacial score (nSPS) is 17.8. The zero-order valence-corrected chi connectivity index (χ0v) is 12.6. The van der Waals surface area contributed by atoms with Gasteiger partial charge in [-0.25, -0.2) is 4.79 Å². The first kappa shape index (κ1) is 14.0.